The second-order valence-corrected chi connectivity index (χ2v) is 4.48. The fraction of sp³-hybridized carbons (Fsp3) is 0.800. The van der Waals surface area contributed by atoms with Gasteiger partial charge in [-0.05, 0) is 26.2 Å². The average Bonchev–Trinajstić information content (AvgIpc) is 2.18. The van der Waals surface area contributed by atoms with Crippen LogP contribution in [-0.4, -0.2) is 41.4 Å². The van der Waals surface area contributed by atoms with E-state index in [0.717, 1.165) is 19.3 Å². The highest BCUT2D eigenvalue weighted by atomic mass is 16.2. The fourth-order valence-corrected chi connectivity index (χ4v) is 2.12. The van der Waals surface area contributed by atoms with Crippen molar-refractivity contribution in [3.8, 4) is 0 Å². The molecule has 1 heterocycles. The summed E-state index contributed by atoms with van der Waals surface area (Å²) in [6, 6.07) is -0.382. The van der Waals surface area contributed by atoms with E-state index in [4.69, 9.17) is 5.73 Å². The molecule has 2 rings (SSSR count). The normalized spacial score (nSPS) is 29.3. The van der Waals surface area contributed by atoms with Crippen LogP contribution in [-0.2, 0) is 9.59 Å². The molecule has 0 spiro atoms. The highest BCUT2D eigenvalue weighted by Crippen LogP contribution is 2.31. The Morgan fingerprint density at radius 2 is 2.27 bits per heavy atom. The molecule has 0 aromatic rings. The van der Waals surface area contributed by atoms with Gasteiger partial charge >= 0.3 is 0 Å². The van der Waals surface area contributed by atoms with Crippen LogP contribution >= 0.6 is 0 Å². The van der Waals surface area contributed by atoms with Crippen molar-refractivity contribution < 1.29 is 9.59 Å². The molecule has 1 atom stereocenters. The van der Waals surface area contributed by atoms with Crippen molar-refractivity contribution in [1.82, 2.24) is 10.2 Å². The zero-order valence-corrected chi connectivity index (χ0v) is 8.95. The summed E-state index contributed by atoms with van der Waals surface area (Å²) in [5.41, 5.74) is 5.27. The fourth-order valence-electron chi connectivity index (χ4n) is 2.12. The monoisotopic (exact) mass is 211 g/mol. The van der Waals surface area contributed by atoms with E-state index in [-0.39, 0.29) is 17.9 Å². The SMILES string of the molecule is CC1C(=O)NCCN1C(=O)C1(N)CCC1. The van der Waals surface area contributed by atoms with Crippen LogP contribution in [0, 0.1) is 0 Å². The third kappa shape index (κ3) is 1.61. The first-order valence-electron chi connectivity index (χ1n) is 5.42. The Morgan fingerprint density at radius 3 is 2.80 bits per heavy atom. The van der Waals surface area contributed by atoms with E-state index in [1.165, 1.54) is 0 Å². The largest absolute Gasteiger partial charge is 0.353 e. The molecule has 1 saturated heterocycles. The Hall–Kier alpha value is -1.10. The lowest BCUT2D eigenvalue weighted by Crippen LogP contribution is -2.65. The maximum Gasteiger partial charge on any atom is 0.243 e. The van der Waals surface area contributed by atoms with Gasteiger partial charge in [0, 0.05) is 13.1 Å². The smallest absolute Gasteiger partial charge is 0.243 e. The van der Waals surface area contributed by atoms with Crippen molar-refractivity contribution in [1.29, 1.82) is 0 Å². The highest BCUT2D eigenvalue weighted by Gasteiger charge is 2.45. The molecule has 0 bridgehead atoms. The van der Waals surface area contributed by atoms with Gasteiger partial charge in [0.05, 0.1) is 5.54 Å². The van der Waals surface area contributed by atoms with Crippen LogP contribution in [0.2, 0.25) is 0 Å². The van der Waals surface area contributed by atoms with Gasteiger partial charge in [-0.1, -0.05) is 0 Å². The second-order valence-electron chi connectivity index (χ2n) is 4.48. The molecule has 1 saturated carbocycles. The molecule has 0 aromatic heterocycles. The maximum absolute atomic E-state index is 12.1. The number of nitrogens with one attached hydrogen (secondary N) is 1. The molecule has 1 aliphatic heterocycles. The highest BCUT2D eigenvalue weighted by molar-refractivity contribution is 5.93. The van der Waals surface area contributed by atoms with E-state index >= 15 is 0 Å². The molecule has 0 radical (unpaired) electrons. The summed E-state index contributed by atoms with van der Waals surface area (Å²) in [5, 5.41) is 2.73. The Balaban J connectivity index is 2.09. The van der Waals surface area contributed by atoms with Gasteiger partial charge in [0.2, 0.25) is 11.8 Å². The summed E-state index contributed by atoms with van der Waals surface area (Å²) in [7, 11) is 0. The summed E-state index contributed by atoms with van der Waals surface area (Å²) in [6.45, 7) is 2.85. The topological polar surface area (TPSA) is 75.4 Å². The average molecular weight is 211 g/mol. The quantitative estimate of drug-likeness (QED) is 0.597. The predicted molar refractivity (Wildman–Crippen MR) is 55.0 cm³/mol. The Morgan fingerprint density at radius 1 is 1.60 bits per heavy atom. The number of hydrogen-bond donors (Lipinski definition) is 2. The third-order valence-corrected chi connectivity index (χ3v) is 3.43. The summed E-state index contributed by atoms with van der Waals surface area (Å²) in [5.74, 6) is -0.145. The first kappa shape index (κ1) is 10.4. The van der Waals surface area contributed by atoms with Crippen LogP contribution < -0.4 is 11.1 Å². The minimum atomic E-state index is -0.689. The van der Waals surface area contributed by atoms with E-state index in [2.05, 4.69) is 5.32 Å². The van der Waals surface area contributed by atoms with Crippen molar-refractivity contribution in [3.63, 3.8) is 0 Å². The first-order chi connectivity index (χ1) is 7.04. The van der Waals surface area contributed by atoms with Crippen molar-refractivity contribution in [3.05, 3.63) is 0 Å². The summed E-state index contributed by atoms with van der Waals surface area (Å²) in [6.07, 6.45) is 2.50. The minimum absolute atomic E-state index is 0.0592. The van der Waals surface area contributed by atoms with Crippen molar-refractivity contribution in [2.24, 2.45) is 5.73 Å². The third-order valence-electron chi connectivity index (χ3n) is 3.43. The lowest BCUT2D eigenvalue weighted by atomic mass is 9.76. The molecule has 2 aliphatic rings. The molecule has 2 fully saturated rings. The lowest BCUT2D eigenvalue weighted by molar-refractivity contribution is -0.149. The summed E-state index contributed by atoms with van der Waals surface area (Å²) >= 11 is 0. The molecule has 0 aromatic carbocycles. The van der Waals surface area contributed by atoms with Gasteiger partial charge in [-0.15, -0.1) is 0 Å². The summed E-state index contributed by atoms with van der Waals surface area (Å²) < 4.78 is 0. The van der Waals surface area contributed by atoms with Crippen LogP contribution in [0.3, 0.4) is 0 Å². The van der Waals surface area contributed by atoms with Gasteiger partial charge in [-0.3, -0.25) is 9.59 Å². The number of carbonyl (C=O) groups is 2. The molecular weight excluding hydrogens is 194 g/mol. The van der Waals surface area contributed by atoms with Gasteiger partial charge < -0.3 is 16.0 Å². The molecule has 2 amide bonds. The first-order valence-corrected chi connectivity index (χ1v) is 5.42. The lowest BCUT2D eigenvalue weighted by Gasteiger charge is -2.43. The number of nitrogens with two attached hydrogens (primary N) is 1. The van der Waals surface area contributed by atoms with E-state index in [1.54, 1.807) is 11.8 Å². The van der Waals surface area contributed by atoms with E-state index in [9.17, 15) is 9.59 Å². The van der Waals surface area contributed by atoms with E-state index in [1.807, 2.05) is 0 Å². The van der Waals surface area contributed by atoms with Crippen molar-refractivity contribution in [2.75, 3.05) is 13.1 Å². The Kier molecular flexibility index (Phi) is 2.42. The standard InChI is InChI=1S/C10H17N3O2/c1-7-8(14)12-5-6-13(7)9(15)10(11)3-2-4-10/h7H,2-6,11H2,1H3,(H,12,14). The number of piperazine rings is 1. The maximum atomic E-state index is 12.1. The van der Waals surface area contributed by atoms with E-state index < -0.39 is 5.54 Å². The Bertz CT molecular complexity index is 299. The predicted octanol–water partition coefficient (Wildman–Crippen LogP) is -0.785. The molecule has 1 aliphatic carbocycles. The number of amides is 2. The van der Waals surface area contributed by atoms with Gasteiger partial charge in [-0.25, -0.2) is 0 Å². The second kappa shape index (κ2) is 3.48. The minimum Gasteiger partial charge on any atom is -0.353 e. The molecule has 84 valence electrons. The van der Waals surface area contributed by atoms with Crippen LogP contribution in [0.25, 0.3) is 0 Å². The molecule has 5 nitrogen and oxygen atoms in total. The van der Waals surface area contributed by atoms with Crippen LogP contribution in [0.4, 0.5) is 0 Å². The Labute approximate surface area is 89.0 Å². The number of carbonyl (C=O) groups excluding carboxylic acids is 2. The van der Waals surface area contributed by atoms with Gasteiger partial charge in [0.1, 0.15) is 6.04 Å². The van der Waals surface area contributed by atoms with Crippen LogP contribution in [0.15, 0.2) is 0 Å². The zero-order valence-electron chi connectivity index (χ0n) is 8.95. The number of nitrogens with zero attached hydrogens (tertiary/aromatic N) is 1. The molecule has 5 heteroatoms. The molecule has 15 heavy (non-hydrogen) atoms. The van der Waals surface area contributed by atoms with Gasteiger partial charge in [0.15, 0.2) is 0 Å². The van der Waals surface area contributed by atoms with Crippen LogP contribution in [0.5, 0.6) is 0 Å². The molecular formula is C10H17N3O2. The van der Waals surface area contributed by atoms with Gasteiger partial charge in [0.25, 0.3) is 0 Å². The van der Waals surface area contributed by atoms with E-state index in [0.29, 0.717) is 13.1 Å². The summed E-state index contributed by atoms with van der Waals surface area (Å²) in [4.78, 5) is 25.1. The molecule has 1 unspecified atom stereocenters. The van der Waals surface area contributed by atoms with Crippen molar-refractivity contribution in [2.45, 2.75) is 37.8 Å². The molecule has 3 N–H and O–H groups in total. The van der Waals surface area contributed by atoms with Crippen molar-refractivity contribution >= 4 is 11.8 Å². The van der Waals surface area contributed by atoms with Gasteiger partial charge in [-0.2, -0.15) is 0 Å². The zero-order chi connectivity index (χ0) is 11.1. The number of hydrogen-bond acceptors (Lipinski definition) is 3. The number of rotatable bonds is 1. The van der Waals surface area contributed by atoms with Crippen LogP contribution in [0.1, 0.15) is 26.2 Å².